The number of aromatic nitrogens is 1. The fraction of sp³-hybridized carbons (Fsp3) is 0.640. The van der Waals surface area contributed by atoms with E-state index in [4.69, 9.17) is 22.1 Å². The molecule has 1 unspecified atom stereocenters. The van der Waals surface area contributed by atoms with Crippen LogP contribution in [0.1, 0.15) is 71.6 Å². The molecule has 0 amide bonds. The van der Waals surface area contributed by atoms with Gasteiger partial charge in [-0.25, -0.2) is 0 Å². The maximum atomic E-state index is 12.0. The summed E-state index contributed by atoms with van der Waals surface area (Å²) in [5, 5.41) is 1.95. The number of benzene rings is 1. The number of hydrogen-bond donors (Lipinski definition) is 2. The Kier molecular flexibility index (Phi) is 6.45. The zero-order valence-corrected chi connectivity index (χ0v) is 19.0. The standard InChI is InChI=1S/C25H35ClN2O2/c1-16(2)23(27)25(18-6-4-3-5-7-18)11-8-19(9-12-25)30-22-14-17-10-13-28-24(29)20(17)15-21(22)26/h10,13-16,18-19,23H,3-9,11-12,27H2,1-2H3,(H,28,29). The topological polar surface area (TPSA) is 68.1 Å². The number of nitrogens with two attached hydrogens (primary N) is 1. The lowest BCUT2D eigenvalue weighted by Gasteiger charge is -2.51. The molecule has 1 aromatic carbocycles. The van der Waals surface area contributed by atoms with Gasteiger partial charge in [0.15, 0.2) is 0 Å². The predicted molar refractivity (Wildman–Crippen MR) is 124 cm³/mol. The normalized spacial score (nSPS) is 26.8. The minimum Gasteiger partial charge on any atom is -0.489 e. The van der Waals surface area contributed by atoms with Crippen LogP contribution in [0.5, 0.6) is 5.75 Å². The molecule has 1 heterocycles. The molecule has 4 rings (SSSR count). The summed E-state index contributed by atoms with van der Waals surface area (Å²) in [6, 6.07) is 5.75. The summed E-state index contributed by atoms with van der Waals surface area (Å²) in [5.41, 5.74) is 6.98. The van der Waals surface area contributed by atoms with Gasteiger partial charge in [0.25, 0.3) is 5.56 Å². The maximum Gasteiger partial charge on any atom is 0.255 e. The van der Waals surface area contributed by atoms with E-state index in [1.54, 1.807) is 12.3 Å². The van der Waals surface area contributed by atoms with Crippen molar-refractivity contribution in [2.45, 2.75) is 83.8 Å². The minimum atomic E-state index is -0.126. The molecule has 5 heteroatoms. The summed E-state index contributed by atoms with van der Waals surface area (Å²) < 4.78 is 6.37. The van der Waals surface area contributed by atoms with Gasteiger partial charge in [-0.2, -0.15) is 0 Å². The fourth-order valence-corrected chi connectivity index (χ4v) is 6.27. The van der Waals surface area contributed by atoms with Gasteiger partial charge in [0.2, 0.25) is 0 Å². The van der Waals surface area contributed by atoms with E-state index in [0.29, 0.717) is 22.1 Å². The van der Waals surface area contributed by atoms with E-state index in [2.05, 4.69) is 18.8 Å². The summed E-state index contributed by atoms with van der Waals surface area (Å²) in [6.07, 6.45) is 12.8. The summed E-state index contributed by atoms with van der Waals surface area (Å²) in [5.74, 6) is 1.93. The zero-order chi connectivity index (χ0) is 21.3. The van der Waals surface area contributed by atoms with Crippen LogP contribution in [0.25, 0.3) is 10.8 Å². The number of H-pyrrole nitrogens is 1. The van der Waals surface area contributed by atoms with Gasteiger partial charge in [0, 0.05) is 17.6 Å². The van der Waals surface area contributed by atoms with Gasteiger partial charge in [-0.1, -0.05) is 44.7 Å². The molecule has 2 fully saturated rings. The molecule has 0 aliphatic heterocycles. The monoisotopic (exact) mass is 430 g/mol. The van der Waals surface area contributed by atoms with Crippen molar-refractivity contribution in [1.29, 1.82) is 0 Å². The molecule has 3 N–H and O–H groups in total. The molecule has 2 saturated carbocycles. The van der Waals surface area contributed by atoms with Crippen LogP contribution < -0.4 is 16.0 Å². The Balaban J connectivity index is 1.51. The number of rotatable bonds is 5. The van der Waals surface area contributed by atoms with Gasteiger partial charge < -0.3 is 15.5 Å². The third-order valence-corrected chi connectivity index (χ3v) is 8.08. The first-order valence-electron chi connectivity index (χ1n) is 11.6. The predicted octanol–water partition coefficient (Wildman–Crippen LogP) is 6.05. The highest BCUT2D eigenvalue weighted by molar-refractivity contribution is 6.32. The molecule has 30 heavy (non-hydrogen) atoms. The van der Waals surface area contributed by atoms with E-state index >= 15 is 0 Å². The quantitative estimate of drug-likeness (QED) is 0.606. The van der Waals surface area contributed by atoms with Crippen molar-refractivity contribution in [3.63, 3.8) is 0 Å². The van der Waals surface area contributed by atoms with Crippen molar-refractivity contribution in [3.05, 3.63) is 39.8 Å². The molecule has 1 atom stereocenters. The zero-order valence-electron chi connectivity index (χ0n) is 18.3. The van der Waals surface area contributed by atoms with Crippen LogP contribution in [0.15, 0.2) is 29.2 Å². The summed E-state index contributed by atoms with van der Waals surface area (Å²) in [4.78, 5) is 14.7. The van der Waals surface area contributed by atoms with Crippen LogP contribution in [0, 0.1) is 17.3 Å². The largest absolute Gasteiger partial charge is 0.489 e. The van der Waals surface area contributed by atoms with Crippen molar-refractivity contribution in [3.8, 4) is 5.75 Å². The first kappa shape index (κ1) is 21.7. The van der Waals surface area contributed by atoms with Crippen molar-refractivity contribution < 1.29 is 4.74 Å². The lowest BCUT2D eigenvalue weighted by molar-refractivity contribution is -0.0109. The van der Waals surface area contributed by atoms with Crippen LogP contribution in [0.3, 0.4) is 0 Å². The van der Waals surface area contributed by atoms with E-state index in [1.807, 2.05) is 12.1 Å². The number of hydrogen-bond acceptors (Lipinski definition) is 3. The second-order valence-corrected chi connectivity index (χ2v) is 10.2. The average Bonchev–Trinajstić information content (AvgIpc) is 2.76. The Morgan fingerprint density at radius 1 is 1.13 bits per heavy atom. The third-order valence-electron chi connectivity index (χ3n) is 7.78. The summed E-state index contributed by atoms with van der Waals surface area (Å²) in [6.45, 7) is 4.54. The minimum absolute atomic E-state index is 0.126. The summed E-state index contributed by atoms with van der Waals surface area (Å²) >= 11 is 6.47. The van der Waals surface area contributed by atoms with Gasteiger partial charge in [-0.3, -0.25) is 4.79 Å². The lowest BCUT2D eigenvalue weighted by Crippen LogP contribution is -2.53. The molecule has 2 aliphatic rings. The molecule has 1 aromatic heterocycles. The number of nitrogens with one attached hydrogen (secondary N) is 1. The highest BCUT2D eigenvalue weighted by atomic mass is 35.5. The highest BCUT2D eigenvalue weighted by Crippen LogP contribution is 2.52. The van der Waals surface area contributed by atoms with Crippen molar-refractivity contribution in [2.75, 3.05) is 0 Å². The van der Waals surface area contributed by atoms with E-state index < -0.39 is 0 Å². The fourth-order valence-electron chi connectivity index (χ4n) is 6.06. The maximum absolute atomic E-state index is 12.0. The van der Waals surface area contributed by atoms with E-state index in [-0.39, 0.29) is 23.1 Å². The van der Waals surface area contributed by atoms with Crippen LogP contribution in [0.4, 0.5) is 0 Å². The van der Waals surface area contributed by atoms with E-state index in [1.165, 1.54) is 32.1 Å². The Morgan fingerprint density at radius 2 is 1.83 bits per heavy atom. The average molecular weight is 431 g/mol. The van der Waals surface area contributed by atoms with Crippen LogP contribution >= 0.6 is 11.6 Å². The van der Waals surface area contributed by atoms with Crippen molar-refractivity contribution in [1.82, 2.24) is 4.98 Å². The smallest absolute Gasteiger partial charge is 0.255 e. The van der Waals surface area contributed by atoms with Gasteiger partial charge in [-0.05, 0) is 79.4 Å². The van der Waals surface area contributed by atoms with Crippen molar-refractivity contribution in [2.24, 2.45) is 23.0 Å². The summed E-state index contributed by atoms with van der Waals surface area (Å²) in [7, 11) is 0. The van der Waals surface area contributed by atoms with Gasteiger partial charge in [0.05, 0.1) is 11.1 Å². The first-order valence-corrected chi connectivity index (χ1v) is 12.0. The molecule has 0 saturated heterocycles. The molecule has 0 radical (unpaired) electrons. The molecule has 2 aliphatic carbocycles. The molecule has 2 aromatic rings. The Bertz CT molecular complexity index is 924. The molecule has 4 nitrogen and oxygen atoms in total. The van der Waals surface area contributed by atoms with Gasteiger partial charge in [-0.15, -0.1) is 0 Å². The van der Waals surface area contributed by atoms with E-state index in [9.17, 15) is 4.79 Å². The SMILES string of the molecule is CC(C)C(N)C1(C2CCCCC2)CCC(Oc2cc3cc[nH]c(=O)c3cc2Cl)CC1. The Hall–Kier alpha value is -1.52. The first-order chi connectivity index (χ1) is 14.4. The third kappa shape index (κ3) is 4.13. The number of pyridine rings is 1. The molecule has 0 bridgehead atoms. The van der Waals surface area contributed by atoms with Crippen LogP contribution in [-0.4, -0.2) is 17.1 Å². The number of aromatic amines is 1. The molecular formula is C25H35ClN2O2. The lowest BCUT2D eigenvalue weighted by atomic mass is 9.56. The van der Waals surface area contributed by atoms with Gasteiger partial charge in [0.1, 0.15) is 5.75 Å². The van der Waals surface area contributed by atoms with Crippen LogP contribution in [0.2, 0.25) is 5.02 Å². The second kappa shape index (κ2) is 8.92. The Labute approximate surface area is 184 Å². The van der Waals surface area contributed by atoms with Crippen molar-refractivity contribution >= 4 is 22.4 Å². The molecular weight excluding hydrogens is 396 g/mol. The number of halogens is 1. The molecule has 0 spiro atoms. The van der Waals surface area contributed by atoms with E-state index in [0.717, 1.165) is 37.0 Å². The number of fused-ring (bicyclic) bond motifs is 1. The molecule has 164 valence electrons. The second-order valence-electron chi connectivity index (χ2n) is 9.83. The van der Waals surface area contributed by atoms with Gasteiger partial charge >= 0.3 is 0 Å². The Morgan fingerprint density at radius 3 is 2.50 bits per heavy atom. The highest BCUT2D eigenvalue weighted by Gasteiger charge is 2.47. The van der Waals surface area contributed by atoms with Crippen LogP contribution in [-0.2, 0) is 0 Å². The number of ether oxygens (including phenoxy) is 1.